The normalized spacial score (nSPS) is 15.6. The van der Waals surface area contributed by atoms with Crippen LogP contribution in [0.1, 0.15) is 45.8 Å². The average Bonchev–Trinajstić information content (AvgIpc) is 3.93. The number of Topliss-reactive ketones (excluding diaryl/α,β-unsaturated/α-hetero) is 1. The summed E-state index contributed by atoms with van der Waals surface area (Å²) in [7, 11) is 0. The lowest BCUT2D eigenvalue weighted by Gasteiger charge is -2.29. The van der Waals surface area contributed by atoms with Crippen molar-refractivity contribution in [2.75, 3.05) is 11.9 Å². The fourth-order valence-electron chi connectivity index (χ4n) is 7.30. The largest absolute Gasteiger partial charge is 0.445 e. The van der Waals surface area contributed by atoms with Crippen LogP contribution in [0.4, 0.5) is 10.5 Å². The number of nitrogens with one attached hydrogen (secondary N) is 4. The summed E-state index contributed by atoms with van der Waals surface area (Å²) in [6, 6.07) is 34.0. The Morgan fingerprint density at radius 3 is 2.21 bits per heavy atom. The van der Waals surface area contributed by atoms with Gasteiger partial charge >= 0.3 is 6.09 Å². The minimum Gasteiger partial charge on any atom is -0.445 e. The van der Waals surface area contributed by atoms with Gasteiger partial charge < -0.3 is 40.5 Å². The highest BCUT2D eigenvalue weighted by atomic mass is 35.5. The summed E-state index contributed by atoms with van der Waals surface area (Å²) in [5.41, 5.74) is 9.83. The minimum absolute atomic E-state index is 0.00721. The Labute approximate surface area is 373 Å². The second-order valence-corrected chi connectivity index (χ2v) is 15.9. The summed E-state index contributed by atoms with van der Waals surface area (Å²) in [6.45, 7) is 0.163. The van der Waals surface area contributed by atoms with Crippen molar-refractivity contribution in [3.05, 3.63) is 166 Å². The Kier molecular flexibility index (Phi) is 14.7. The monoisotopic (exact) mass is 889 g/mol. The van der Waals surface area contributed by atoms with Crippen LogP contribution in [0.5, 0.6) is 0 Å². The SMILES string of the molecule is N=C(N)Nc1ccc(C[C@H](NC(=O)[C@@H]2C[C@@H](OCc3ccc(Cl)cc3)CN2C(=O)[C@@H](CCc2ccccc2)NC(=O)OCc2ccccc2)C(=O)c2nc3ccccc3o2)c(Cl)c1. The number of ether oxygens (including phenoxy) is 2. The van der Waals surface area contributed by atoms with Gasteiger partial charge in [0.1, 0.15) is 30.2 Å². The highest BCUT2D eigenvalue weighted by Crippen LogP contribution is 2.27. The predicted octanol–water partition coefficient (Wildman–Crippen LogP) is 7.46. The van der Waals surface area contributed by atoms with Crippen molar-refractivity contribution in [1.29, 1.82) is 5.41 Å². The van der Waals surface area contributed by atoms with Crippen LogP contribution in [0.2, 0.25) is 10.0 Å². The van der Waals surface area contributed by atoms with E-state index in [1.807, 2.05) is 72.8 Å². The van der Waals surface area contributed by atoms with E-state index >= 15 is 0 Å². The van der Waals surface area contributed by atoms with Crippen molar-refractivity contribution < 1.29 is 33.1 Å². The smallest absolute Gasteiger partial charge is 0.408 e. The molecule has 324 valence electrons. The van der Waals surface area contributed by atoms with Crippen LogP contribution < -0.4 is 21.7 Å². The van der Waals surface area contributed by atoms with E-state index in [1.165, 1.54) is 4.90 Å². The third-order valence-electron chi connectivity index (χ3n) is 10.5. The Bertz CT molecular complexity index is 2530. The summed E-state index contributed by atoms with van der Waals surface area (Å²) in [5, 5.41) is 16.7. The summed E-state index contributed by atoms with van der Waals surface area (Å²) >= 11 is 12.8. The summed E-state index contributed by atoms with van der Waals surface area (Å²) in [4.78, 5) is 62.9. The third-order valence-corrected chi connectivity index (χ3v) is 11.1. The molecule has 6 N–H and O–H groups in total. The van der Waals surface area contributed by atoms with E-state index in [0.29, 0.717) is 33.8 Å². The number of alkyl carbamates (subject to hydrolysis) is 1. The maximum atomic E-state index is 14.8. The van der Waals surface area contributed by atoms with Crippen LogP contribution in [0.25, 0.3) is 11.1 Å². The molecule has 0 bridgehead atoms. The maximum Gasteiger partial charge on any atom is 0.408 e. The molecular formula is C47H45Cl2N7O7. The molecule has 0 unspecified atom stereocenters. The van der Waals surface area contributed by atoms with Gasteiger partial charge in [-0.3, -0.25) is 19.8 Å². The number of ketones is 1. The molecule has 6 aromatic rings. The van der Waals surface area contributed by atoms with Crippen molar-refractivity contribution in [3.63, 3.8) is 0 Å². The number of carbonyl (C=O) groups excluding carboxylic acids is 4. The van der Waals surface area contributed by atoms with Crippen LogP contribution in [0.3, 0.4) is 0 Å². The van der Waals surface area contributed by atoms with Crippen LogP contribution in [-0.4, -0.2) is 70.3 Å². The van der Waals surface area contributed by atoms with Crippen LogP contribution >= 0.6 is 23.2 Å². The highest BCUT2D eigenvalue weighted by Gasteiger charge is 2.44. The minimum atomic E-state index is -1.26. The van der Waals surface area contributed by atoms with Gasteiger partial charge in [-0.15, -0.1) is 0 Å². The molecule has 5 aromatic carbocycles. The first-order chi connectivity index (χ1) is 30.5. The van der Waals surface area contributed by atoms with Crippen molar-refractivity contribution in [3.8, 4) is 0 Å². The number of hydrogen-bond donors (Lipinski definition) is 5. The number of fused-ring (bicyclic) bond motifs is 1. The zero-order valence-corrected chi connectivity index (χ0v) is 35.5. The molecule has 1 aliphatic rings. The predicted molar refractivity (Wildman–Crippen MR) is 239 cm³/mol. The van der Waals surface area contributed by atoms with E-state index in [9.17, 15) is 19.2 Å². The van der Waals surface area contributed by atoms with Crippen molar-refractivity contribution >= 4 is 69.6 Å². The molecule has 4 atom stereocenters. The molecule has 0 spiro atoms. The van der Waals surface area contributed by atoms with E-state index < -0.39 is 47.9 Å². The van der Waals surface area contributed by atoms with Crippen LogP contribution in [0, 0.1) is 5.41 Å². The molecule has 14 nitrogen and oxygen atoms in total. The first-order valence-electron chi connectivity index (χ1n) is 20.3. The van der Waals surface area contributed by atoms with Crippen LogP contribution in [0.15, 0.2) is 132 Å². The average molecular weight is 891 g/mol. The second kappa shape index (κ2) is 20.9. The zero-order valence-electron chi connectivity index (χ0n) is 34.0. The van der Waals surface area contributed by atoms with Gasteiger partial charge in [-0.2, -0.15) is 0 Å². The topological polar surface area (TPSA) is 202 Å². The van der Waals surface area contributed by atoms with E-state index in [1.54, 1.807) is 54.6 Å². The lowest BCUT2D eigenvalue weighted by atomic mass is 10.0. The number of likely N-dealkylation sites (tertiary alicyclic amines) is 1. The number of aromatic nitrogens is 1. The molecule has 0 radical (unpaired) electrons. The molecule has 1 aliphatic heterocycles. The molecule has 2 heterocycles. The second-order valence-electron chi connectivity index (χ2n) is 15.0. The molecule has 7 rings (SSSR count). The standard InChI is InChI=1S/C47H45Cl2N7O7/c48-33-19-15-31(16-20-33)27-61-35-25-40(56(26-35)45(59)38(22-17-29-9-3-1-4-10-29)55-47(60)62-28-30-11-5-2-6-12-30)43(58)53-39(23-32-18-21-34(24-36(32)49)52-46(50)51)42(57)44-54-37-13-7-8-14-41(37)63-44/h1-16,18-21,24,35,38-40H,17,22-23,25-28H2,(H,53,58)(H,55,60)(H4,50,51,52)/t35-,38-,39+,40+/m1/s1. The third kappa shape index (κ3) is 12.0. The summed E-state index contributed by atoms with van der Waals surface area (Å²) in [5.74, 6) is -2.32. The highest BCUT2D eigenvalue weighted by molar-refractivity contribution is 6.31. The van der Waals surface area contributed by atoms with Crippen LogP contribution in [-0.2, 0) is 45.1 Å². The van der Waals surface area contributed by atoms with Crippen molar-refractivity contribution in [2.45, 2.75) is 63.1 Å². The number of benzene rings is 5. The Morgan fingerprint density at radius 2 is 1.51 bits per heavy atom. The number of amides is 3. The Hall–Kier alpha value is -6.74. The van der Waals surface area contributed by atoms with Crippen molar-refractivity contribution in [2.24, 2.45) is 5.73 Å². The Morgan fingerprint density at radius 1 is 0.825 bits per heavy atom. The number of nitrogens with two attached hydrogens (primary N) is 1. The lowest BCUT2D eigenvalue weighted by molar-refractivity contribution is -0.140. The maximum absolute atomic E-state index is 14.8. The van der Waals surface area contributed by atoms with E-state index in [0.717, 1.165) is 16.7 Å². The molecule has 3 amide bonds. The number of oxazole rings is 1. The first-order valence-corrected chi connectivity index (χ1v) is 21.0. The summed E-state index contributed by atoms with van der Waals surface area (Å²) in [6.07, 6.45) is -0.802. The summed E-state index contributed by atoms with van der Waals surface area (Å²) < 4.78 is 17.7. The number of guanidine groups is 1. The van der Waals surface area contributed by atoms with E-state index in [-0.39, 0.29) is 55.9 Å². The van der Waals surface area contributed by atoms with Gasteiger partial charge in [-0.25, -0.2) is 9.78 Å². The zero-order chi connectivity index (χ0) is 44.3. The Balaban J connectivity index is 1.17. The number of carbonyl (C=O) groups is 4. The molecule has 63 heavy (non-hydrogen) atoms. The van der Waals surface area contributed by atoms with E-state index in [2.05, 4.69) is 20.9 Å². The number of hydrogen-bond acceptors (Lipinski definition) is 9. The van der Waals surface area contributed by atoms with Gasteiger partial charge in [0.25, 0.3) is 5.89 Å². The van der Waals surface area contributed by atoms with Gasteiger partial charge in [-0.1, -0.05) is 114 Å². The van der Waals surface area contributed by atoms with Gasteiger partial charge in [0.2, 0.25) is 17.6 Å². The van der Waals surface area contributed by atoms with Gasteiger partial charge in [0.15, 0.2) is 11.5 Å². The molecule has 16 heteroatoms. The fraction of sp³-hybridized carbons (Fsp3) is 0.234. The number of anilines is 1. The van der Waals surface area contributed by atoms with Gasteiger partial charge in [-0.05, 0) is 71.5 Å². The number of para-hydroxylation sites is 2. The molecule has 1 aromatic heterocycles. The number of aryl methyl sites for hydroxylation is 1. The molecule has 1 saturated heterocycles. The van der Waals surface area contributed by atoms with Gasteiger partial charge in [0, 0.05) is 35.1 Å². The molecular weight excluding hydrogens is 845 g/mol. The fourth-order valence-corrected chi connectivity index (χ4v) is 7.68. The van der Waals surface area contributed by atoms with E-state index in [4.69, 9.17) is 48.2 Å². The quantitative estimate of drug-likeness (QED) is 0.0348. The van der Waals surface area contributed by atoms with Crippen molar-refractivity contribution in [1.82, 2.24) is 20.5 Å². The number of nitrogens with zero attached hydrogens (tertiary/aromatic N) is 2. The van der Waals surface area contributed by atoms with Gasteiger partial charge in [0.05, 0.1) is 12.7 Å². The molecule has 0 aliphatic carbocycles. The molecule has 0 saturated carbocycles. The first kappa shape index (κ1) is 44.3. The number of halogens is 2. The number of rotatable bonds is 17. The molecule has 1 fully saturated rings. The lowest BCUT2D eigenvalue weighted by Crippen LogP contribution is -2.55.